The van der Waals surface area contributed by atoms with E-state index in [1.165, 1.54) is 88.2 Å². The van der Waals surface area contributed by atoms with Crippen molar-refractivity contribution in [1.29, 1.82) is 0 Å². The van der Waals surface area contributed by atoms with Crippen molar-refractivity contribution in [3.05, 3.63) is 35.4 Å². The highest BCUT2D eigenvalue weighted by atomic mass is 16.5. The zero-order chi connectivity index (χ0) is 17.0. The van der Waals surface area contributed by atoms with Gasteiger partial charge in [0.05, 0.1) is 12.7 Å². The quantitative estimate of drug-likeness (QED) is 0.388. The van der Waals surface area contributed by atoms with Gasteiger partial charge in [-0.2, -0.15) is 0 Å². The third kappa shape index (κ3) is 6.97. The van der Waals surface area contributed by atoms with Crippen LogP contribution in [-0.4, -0.2) is 6.61 Å². The minimum Gasteiger partial charge on any atom is -0.373 e. The van der Waals surface area contributed by atoms with Crippen molar-refractivity contribution >= 4 is 0 Å². The van der Waals surface area contributed by atoms with Crippen LogP contribution in [0, 0.1) is 5.92 Å². The van der Waals surface area contributed by atoms with Gasteiger partial charge in [-0.05, 0) is 49.1 Å². The van der Waals surface area contributed by atoms with Gasteiger partial charge < -0.3 is 4.74 Å². The second kappa shape index (κ2) is 11.7. The van der Waals surface area contributed by atoms with E-state index in [-0.39, 0.29) is 0 Å². The Kier molecular flexibility index (Phi) is 9.50. The summed E-state index contributed by atoms with van der Waals surface area (Å²) < 4.78 is 6.15. The molecule has 1 aliphatic rings. The molecule has 24 heavy (non-hydrogen) atoms. The molecule has 1 aromatic carbocycles. The zero-order valence-corrected chi connectivity index (χ0v) is 16.1. The van der Waals surface area contributed by atoms with E-state index in [2.05, 4.69) is 38.1 Å². The maximum atomic E-state index is 6.15. The molecule has 0 aromatic heterocycles. The van der Waals surface area contributed by atoms with Crippen LogP contribution in [0.3, 0.4) is 0 Å². The minimum atomic E-state index is 0.339. The lowest BCUT2D eigenvalue weighted by atomic mass is 9.91. The molecule has 1 heteroatoms. The first kappa shape index (κ1) is 19.5. The molecule has 1 fully saturated rings. The number of hydrogen-bond acceptors (Lipinski definition) is 1. The highest BCUT2D eigenvalue weighted by molar-refractivity contribution is 5.24. The van der Waals surface area contributed by atoms with E-state index >= 15 is 0 Å². The standard InChI is InChI=1S/C23H38O/c1-3-5-7-8-9-10-12-20-13-16-22(17-14-20)23-18-15-21(19-24-23)11-6-4-2/h13-14,16-17,21,23H,3-12,15,18-19H2,1-2H3. The van der Waals surface area contributed by atoms with Crippen molar-refractivity contribution < 1.29 is 4.74 Å². The predicted octanol–water partition coefficient (Wildman–Crippen LogP) is 7.25. The van der Waals surface area contributed by atoms with E-state index in [0.717, 1.165) is 12.5 Å². The van der Waals surface area contributed by atoms with E-state index < -0.39 is 0 Å². The Bertz CT molecular complexity index is 414. The molecular formula is C23H38O. The van der Waals surface area contributed by atoms with E-state index in [9.17, 15) is 0 Å². The minimum absolute atomic E-state index is 0.339. The molecule has 2 atom stereocenters. The fraction of sp³-hybridized carbons (Fsp3) is 0.739. The molecule has 136 valence electrons. The van der Waals surface area contributed by atoms with Crippen LogP contribution in [0.5, 0.6) is 0 Å². The molecule has 0 N–H and O–H groups in total. The summed E-state index contributed by atoms with van der Waals surface area (Å²) in [4.78, 5) is 0. The van der Waals surface area contributed by atoms with Crippen molar-refractivity contribution in [2.75, 3.05) is 6.61 Å². The number of aryl methyl sites for hydroxylation is 1. The Morgan fingerprint density at radius 3 is 2.21 bits per heavy atom. The number of rotatable bonds is 11. The summed E-state index contributed by atoms with van der Waals surface area (Å²) >= 11 is 0. The fourth-order valence-electron chi connectivity index (χ4n) is 3.80. The second-order valence-corrected chi connectivity index (χ2v) is 7.67. The van der Waals surface area contributed by atoms with Gasteiger partial charge in [0, 0.05) is 0 Å². The average molecular weight is 331 g/mol. The zero-order valence-electron chi connectivity index (χ0n) is 16.1. The number of ether oxygens (including phenoxy) is 1. The first-order chi connectivity index (χ1) is 11.8. The second-order valence-electron chi connectivity index (χ2n) is 7.67. The Balaban J connectivity index is 1.67. The highest BCUT2D eigenvalue weighted by Gasteiger charge is 2.22. The summed E-state index contributed by atoms with van der Waals surface area (Å²) in [5.74, 6) is 0.799. The Morgan fingerprint density at radius 2 is 1.54 bits per heavy atom. The van der Waals surface area contributed by atoms with Crippen LogP contribution < -0.4 is 0 Å². The smallest absolute Gasteiger partial charge is 0.0825 e. The summed E-state index contributed by atoms with van der Waals surface area (Å²) in [5, 5.41) is 0. The monoisotopic (exact) mass is 330 g/mol. The van der Waals surface area contributed by atoms with Crippen molar-refractivity contribution in [2.24, 2.45) is 5.92 Å². The summed E-state index contributed by atoms with van der Waals surface area (Å²) in [7, 11) is 0. The topological polar surface area (TPSA) is 9.23 Å². The first-order valence-corrected chi connectivity index (χ1v) is 10.5. The molecule has 2 rings (SSSR count). The number of hydrogen-bond donors (Lipinski definition) is 0. The Labute approximate surface area is 150 Å². The van der Waals surface area contributed by atoms with Crippen molar-refractivity contribution in [1.82, 2.24) is 0 Å². The molecule has 1 saturated heterocycles. The summed E-state index contributed by atoms with van der Waals surface area (Å²) in [6, 6.07) is 9.27. The normalized spacial score (nSPS) is 21.1. The highest BCUT2D eigenvalue weighted by Crippen LogP contribution is 2.32. The lowest BCUT2D eigenvalue weighted by Crippen LogP contribution is -2.20. The van der Waals surface area contributed by atoms with Gasteiger partial charge in [0.15, 0.2) is 0 Å². The Hall–Kier alpha value is -0.820. The van der Waals surface area contributed by atoms with Crippen molar-refractivity contribution in [3.8, 4) is 0 Å². The van der Waals surface area contributed by atoms with Gasteiger partial charge in [-0.3, -0.25) is 0 Å². The molecule has 0 amide bonds. The predicted molar refractivity (Wildman–Crippen MR) is 104 cm³/mol. The van der Waals surface area contributed by atoms with E-state index in [1.807, 2.05) is 0 Å². The van der Waals surface area contributed by atoms with E-state index in [4.69, 9.17) is 4.74 Å². The van der Waals surface area contributed by atoms with Crippen LogP contribution in [0.2, 0.25) is 0 Å². The molecule has 0 bridgehead atoms. The molecule has 0 saturated carbocycles. The van der Waals surface area contributed by atoms with Crippen LogP contribution >= 0.6 is 0 Å². The third-order valence-electron chi connectivity index (χ3n) is 5.51. The lowest BCUT2D eigenvalue weighted by molar-refractivity contribution is -0.0198. The lowest BCUT2D eigenvalue weighted by Gasteiger charge is -2.29. The van der Waals surface area contributed by atoms with Crippen LogP contribution in [-0.2, 0) is 11.2 Å². The summed E-state index contributed by atoms with van der Waals surface area (Å²) in [6.45, 7) is 5.52. The van der Waals surface area contributed by atoms with Gasteiger partial charge in [0.25, 0.3) is 0 Å². The van der Waals surface area contributed by atoms with Gasteiger partial charge in [-0.25, -0.2) is 0 Å². The van der Waals surface area contributed by atoms with Crippen LogP contribution in [0.25, 0.3) is 0 Å². The third-order valence-corrected chi connectivity index (χ3v) is 5.51. The van der Waals surface area contributed by atoms with Crippen LogP contribution in [0.4, 0.5) is 0 Å². The summed E-state index contributed by atoms with van der Waals surface area (Å²) in [6.07, 6.45) is 16.4. The number of benzene rings is 1. The average Bonchev–Trinajstić information content (AvgIpc) is 2.64. The fourth-order valence-corrected chi connectivity index (χ4v) is 3.80. The number of unbranched alkanes of at least 4 members (excludes halogenated alkanes) is 6. The maximum Gasteiger partial charge on any atom is 0.0825 e. The first-order valence-electron chi connectivity index (χ1n) is 10.5. The molecule has 1 nitrogen and oxygen atoms in total. The van der Waals surface area contributed by atoms with Gasteiger partial charge >= 0.3 is 0 Å². The van der Waals surface area contributed by atoms with Gasteiger partial charge in [0.1, 0.15) is 0 Å². The Morgan fingerprint density at radius 1 is 0.833 bits per heavy atom. The van der Waals surface area contributed by atoms with Crippen molar-refractivity contribution in [2.45, 2.75) is 97.0 Å². The largest absolute Gasteiger partial charge is 0.373 e. The molecule has 0 radical (unpaired) electrons. The molecule has 1 aliphatic heterocycles. The van der Waals surface area contributed by atoms with Gasteiger partial charge in [-0.1, -0.05) is 83.1 Å². The van der Waals surface area contributed by atoms with E-state index in [0.29, 0.717) is 6.10 Å². The molecule has 2 unspecified atom stereocenters. The van der Waals surface area contributed by atoms with Crippen LogP contribution in [0.1, 0.15) is 102 Å². The van der Waals surface area contributed by atoms with Crippen molar-refractivity contribution in [3.63, 3.8) is 0 Å². The van der Waals surface area contributed by atoms with Gasteiger partial charge in [-0.15, -0.1) is 0 Å². The van der Waals surface area contributed by atoms with E-state index in [1.54, 1.807) is 0 Å². The van der Waals surface area contributed by atoms with Crippen LogP contribution in [0.15, 0.2) is 24.3 Å². The SMILES string of the molecule is CCCCCCCCc1ccc(C2CCC(CCCC)CO2)cc1. The molecule has 1 heterocycles. The molecule has 0 spiro atoms. The molecule has 0 aliphatic carbocycles. The van der Waals surface area contributed by atoms with Gasteiger partial charge in [0.2, 0.25) is 0 Å². The maximum absolute atomic E-state index is 6.15. The summed E-state index contributed by atoms with van der Waals surface area (Å²) in [5.41, 5.74) is 2.88. The molecular weight excluding hydrogens is 292 g/mol. The molecule has 1 aromatic rings.